The number of benzene rings is 1. The third-order valence-corrected chi connectivity index (χ3v) is 3.91. The maximum Gasteiger partial charge on any atom is 0.129 e. The average molecular weight is 300 g/mol. The Hall–Kier alpha value is -1.13. The molecule has 0 N–H and O–H groups in total. The van der Waals surface area contributed by atoms with Crippen LogP contribution in [0.25, 0.3) is 0 Å². The van der Waals surface area contributed by atoms with E-state index in [2.05, 4.69) is 4.98 Å². The molecule has 0 saturated heterocycles. The van der Waals surface area contributed by atoms with E-state index in [-0.39, 0.29) is 5.82 Å². The van der Waals surface area contributed by atoms with Gasteiger partial charge >= 0.3 is 0 Å². The first-order valence-electron chi connectivity index (χ1n) is 6.07. The Bertz CT molecular complexity index is 544. The summed E-state index contributed by atoms with van der Waals surface area (Å²) in [6, 6.07) is 4.93. The summed E-state index contributed by atoms with van der Waals surface area (Å²) in [7, 11) is 0. The molecule has 0 atom stereocenters. The SMILES string of the molecule is Cc1ccc(OCCCc2nc(CCl)cs2)cc1F. The second-order valence-electron chi connectivity index (χ2n) is 4.23. The van der Waals surface area contributed by atoms with Crippen LogP contribution in [-0.2, 0) is 12.3 Å². The third-order valence-electron chi connectivity index (χ3n) is 2.68. The molecule has 0 spiro atoms. The van der Waals surface area contributed by atoms with Crippen molar-refractivity contribution in [1.29, 1.82) is 0 Å². The molecule has 1 aromatic heterocycles. The number of hydrogen-bond donors (Lipinski definition) is 0. The molecule has 1 heterocycles. The first-order chi connectivity index (χ1) is 9.19. The molecule has 0 aliphatic carbocycles. The van der Waals surface area contributed by atoms with Crippen LogP contribution < -0.4 is 4.74 Å². The zero-order valence-corrected chi connectivity index (χ0v) is 12.2. The van der Waals surface area contributed by atoms with Gasteiger partial charge in [-0.3, -0.25) is 0 Å². The van der Waals surface area contributed by atoms with Crippen LogP contribution in [0.4, 0.5) is 4.39 Å². The first-order valence-corrected chi connectivity index (χ1v) is 7.48. The van der Waals surface area contributed by atoms with Crippen molar-refractivity contribution in [1.82, 2.24) is 4.98 Å². The van der Waals surface area contributed by atoms with Gasteiger partial charge in [-0.25, -0.2) is 9.37 Å². The van der Waals surface area contributed by atoms with E-state index in [1.54, 1.807) is 30.4 Å². The van der Waals surface area contributed by atoms with Crippen LogP contribution >= 0.6 is 22.9 Å². The summed E-state index contributed by atoms with van der Waals surface area (Å²) in [5, 5.41) is 3.03. The fourth-order valence-corrected chi connectivity index (χ4v) is 2.67. The highest BCUT2D eigenvalue weighted by Gasteiger charge is 2.03. The lowest BCUT2D eigenvalue weighted by atomic mass is 10.2. The Balaban J connectivity index is 1.75. The van der Waals surface area contributed by atoms with Crippen LogP contribution in [0.15, 0.2) is 23.6 Å². The molecule has 102 valence electrons. The lowest BCUT2D eigenvalue weighted by Gasteiger charge is -2.06. The predicted molar refractivity (Wildman–Crippen MR) is 76.6 cm³/mol. The molecule has 2 rings (SSSR count). The highest BCUT2D eigenvalue weighted by atomic mass is 35.5. The summed E-state index contributed by atoms with van der Waals surface area (Å²) in [5.41, 5.74) is 1.55. The molecular weight excluding hydrogens is 285 g/mol. The monoisotopic (exact) mass is 299 g/mol. The van der Waals surface area contributed by atoms with E-state index in [1.165, 1.54) is 6.07 Å². The van der Waals surface area contributed by atoms with Crippen molar-refractivity contribution in [2.45, 2.75) is 25.6 Å². The highest BCUT2D eigenvalue weighted by Crippen LogP contribution is 2.17. The maximum atomic E-state index is 13.3. The number of aryl methyl sites for hydroxylation is 2. The van der Waals surface area contributed by atoms with E-state index in [1.807, 2.05) is 5.38 Å². The van der Waals surface area contributed by atoms with Crippen molar-refractivity contribution >= 4 is 22.9 Å². The van der Waals surface area contributed by atoms with Crippen LogP contribution in [0, 0.1) is 12.7 Å². The Labute approximate surface area is 121 Å². The van der Waals surface area contributed by atoms with E-state index in [4.69, 9.17) is 16.3 Å². The molecule has 1 aromatic carbocycles. The minimum absolute atomic E-state index is 0.232. The standard InChI is InChI=1S/C14H15ClFNOS/c1-10-4-5-12(7-13(10)16)18-6-2-3-14-17-11(8-15)9-19-14/h4-5,7,9H,2-3,6,8H2,1H3. The minimum atomic E-state index is -0.232. The number of nitrogens with zero attached hydrogens (tertiary/aromatic N) is 1. The molecule has 2 aromatic rings. The Morgan fingerprint density at radius 2 is 2.26 bits per heavy atom. The second-order valence-corrected chi connectivity index (χ2v) is 5.44. The molecule has 5 heteroatoms. The second kappa shape index (κ2) is 6.87. The molecule has 0 bridgehead atoms. The van der Waals surface area contributed by atoms with Crippen molar-refractivity contribution < 1.29 is 9.13 Å². The molecular formula is C14H15ClFNOS. The number of thiazole rings is 1. The van der Waals surface area contributed by atoms with Crippen molar-refractivity contribution in [3.8, 4) is 5.75 Å². The van der Waals surface area contributed by atoms with Gasteiger partial charge in [0.25, 0.3) is 0 Å². The largest absolute Gasteiger partial charge is 0.493 e. The highest BCUT2D eigenvalue weighted by molar-refractivity contribution is 7.09. The number of ether oxygens (including phenoxy) is 1. The lowest BCUT2D eigenvalue weighted by molar-refractivity contribution is 0.309. The van der Waals surface area contributed by atoms with Gasteiger partial charge in [-0.05, 0) is 25.0 Å². The summed E-state index contributed by atoms with van der Waals surface area (Å²) in [5.74, 6) is 0.795. The Morgan fingerprint density at radius 3 is 2.95 bits per heavy atom. The third kappa shape index (κ3) is 4.18. The van der Waals surface area contributed by atoms with Gasteiger partial charge in [0.05, 0.1) is 23.2 Å². The molecule has 0 unspecified atom stereocenters. The number of rotatable bonds is 6. The average Bonchev–Trinajstić information content (AvgIpc) is 2.87. The van der Waals surface area contributed by atoms with Gasteiger partial charge < -0.3 is 4.74 Å². The fourth-order valence-electron chi connectivity index (χ4n) is 1.60. The zero-order chi connectivity index (χ0) is 13.7. The maximum absolute atomic E-state index is 13.3. The van der Waals surface area contributed by atoms with Gasteiger partial charge in [-0.1, -0.05) is 6.07 Å². The molecule has 19 heavy (non-hydrogen) atoms. The van der Waals surface area contributed by atoms with Gasteiger partial charge in [0.2, 0.25) is 0 Å². The van der Waals surface area contributed by atoms with Crippen LogP contribution in [0.3, 0.4) is 0 Å². The zero-order valence-electron chi connectivity index (χ0n) is 10.7. The molecule has 0 aliphatic heterocycles. The molecule has 0 saturated carbocycles. The topological polar surface area (TPSA) is 22.1 Å². The van der Waals surface area contributed by atoms with E-state index in [9.17, 15) is 4.39 Å². The quantitative estimate of drug-likeness (QED) is 0.585. The van der Waals surface area contributed by atoms with Crippen molar-refractivity contribution in [3.63, 3.8) is 0 Å². The van der Waals surface area contributed by atoms with E-state index < -0.39 is 0 Å². The van der Waals surface area contributed by atoms with Crippen molar-refractivity contribution in [3.05, 3.63) is 45.7 Å². The minimum Gasteiger partial charge on any atom is -0.493 e. The smallest absolute Gasteiger partial charge is 0.129 e. The van der Waals surface area contributed by atoms with Crippen LogP contribution in [0.5, 0.6) is 5.75 Å². The van der Waals surface area contributed by atoms with Crippen LogP contribution in [0.2, 0.25) is 0 Å². The molecule has 0 aliphatic rings. The lowest BCUT2D eigenvalue weighted by Crippen LogP contribution is -2.00. The molecule has 0 radical (unpaired) electrons. The van der Waals surface area contributed by atoms with Gasteiger partial charge in [-0.2, -0.15) is 0 Å². The van der Waals surface area contributed by atoms with E-state index in [0.717, 1.165) is 23.5 Å². The van der Waals surface area contributed by atoms with Gasteiger partial charge in [0, 0.05) is 17.9 Å². The summed E-state index contributed by atoms with van der Waals surface area (Å²) >= 11 is 7.31. The molecule has 2 nitrogen and oxygen atoms in total. The Kier molecular flexibility index (Phi) is 5.16. The van der Waals surface area contributed by atoms with Crippen LogP contribution in [0.1, 0.15) is 22.7 Å². The summed E-state index contributed by atoms with van der Waals surface area (Å²) in [4.78, 5) is 4.37. The summed E-state index contributed by atoms with van der Waals surface area (Å²) < 4.78 is 18.8. The normalized spacial score (nSPS) is 10.7. The predicted octanol–water partition coefficient (Wildman–Crippen LogP) is 4.34. The number of hydrogen-bond acceptors (Lipinski definition) is 3. The first kappa shape index (κ1) is 14.3. The Morgan fingerprint density at radius 1 is 1.42 bits per heavy atom. The van der Waals surface area contributed by atoms with Gasteiger partial charge in [-0.15, -0.1) is 22.9 Å². The molecule has 0 fully saturated rings. The van der Waals surface area contributed by atoms with Gasteiger partial charge in [0.1, 0.15) is 11.6 Å². The van der Waals surface area contributed by atoms with Crippen molar-refractivity contribution in [2.24, 2.45) is 0 Å². The fraction of sp³-hybridized carbons (Fsp3) is 0.357. The summed E-state index contributed by atoms with van der Waals surface area (Å²) in [6.07, 6.45) is 1.71. The van der Waals surface area contributed by atoms with Gasteiger partial charge in [0.15, 0.2) is 0 Å². The van der Waals surface area contributed by atoms with Crippen molar-refractivity contribution in [2.75, 3.05) is 6.61 Å². The number of aromatic nitrogens is 1. The number of halogens is 2. The molecule has 0 amide bonds. The summed E-state index contributed by atoms with van der Waals surface area (Å²) in [6.45, 7) is 2.29. The van der Waals surface area contributed by atoms with E-state index >= 15 is 0 Å². The van der Waals surface area contributed by atoms with E-state index in [0.29, 0.717) is 23.8 Å². The van der Waals surface area contributed by atoms with Crippen LogP contribution in [-0.4, -0.2) is 11.6 Å². The number of alkyl halides is 1.